The average molecular weight is 461 g/mol. The number of halogens is 1. The molecule has 0 spiro atoms. The number of benzene rings is 3. The fourth-order valence-electron chi connectivity index (χ4n) is 2.82. The summed E-state index contributed by atoms with van der Waals surface area (Å²) < 4.78 is 31.0. The molecule has 9 heteroatoms. The number of hydrogen-bond acceptors (Lipinski definition) is 5. The maximum absolute atomic E-state index is 12.5. The highest BCUT2D eigenvalue weighted by Crippen LogP contribution is 2.25. The predicted octanol–water partition coefficient (Wildman–Crippen LogP) is 3.93. The van der Waals surface area contributed by atoms with Crippen molar-refractivity contribution in [1.82, 2.24) is 4.31 Å². The summed E-state index contributed by atoms with van der Waals surface area (Å²) in [7, 11) is -1.14. The van der Waals surface area contributed by atoms with Gasteiger partial charge in [-0.25, -0.2) is 17.5 Å². The maximum atomic E-state index is 12.5. The van der Waals surface area contributed by atoms with Crippen LogP contribution in [0.2, 0.25) is 5.02 Å². The smallest absolute Gasteiger partial charge is 0.338 e. The third-order valence-electron chi connectivity index (χ3n) is 4.60. The number of nitrogens with one attached hydrogen (secondary N) is 1. The Morgan fingerprint density at radius 1 is 1.00 bits per heavy atom. The number of amides is 1. The van der Waals surface area contributed by atoms with E-state index >= 15 is 0 Å². The van der Waals surface area contributed by atoms with Gasteiger partial charge in [0.15, 0.2) is 6.10 Å². The number of carbonyl (C=O) groups excluding carboxylic acids is 2. The minimum atomic E-state index is -3.85. The molecule has 162 valence electrons. The van der Waals surface area contributed by atoms with Gasteiger partial charge in [0, 0.05) is 19.8 Å². The highest BCUT2D eigenvalue weighted by atomic mass is 35.5. The largest absolute Gasteiger partial charge is 0.449 e. The van der Waals surface area contributed by atoms with E-state index in [1.54, 1.807) is 6.07 Å². The van der Waals surface area contributed by atoms with Gasteiger partial charge in [-0.3, -0.25) is 4.79 Å². The van der Waals surface area contributed by atoms with Gasteiger partial charge in [0.25, 0.3) is 5.91 Å². The zero-order chi connectivity index (χ0) is 22.8. The third-order valence-corrected chi connectivity index (χ3v) is 6.89. The minimum absolute atomic E-state index is 0.0210. The number of nitrogens with zero attached hydrogens (tertiary/aromatic N) is 1. The van der Waals surface area contributed by atoms with Crippen molar-refractivity contribution >= 4 is 50.0 Å². The van der Waals surface area contributed by atoms with E-state index in [2.05, 4.69) is 5.32 Å². The predicted molar refractivity (Wildman–Crippen MR) is 120 cm³/mol. The second-order valence-electron chi connectivity index (χ2n) is 7.03. The van der Waals surface area contributed by atoms with Gasteiger partial charge in [0.1, 0.15) is 4.90 Å². The van der Waals surface area contributed by atoms with E-state index in [-0.39, 0.29) is 15.5 Å². The van der Waals surface area contributed by atoms with Crippen LogP contribution < -0.4 is 5.32 Å². The quantitative estimate of drug-likeness (QED) is 0.562. The van der Waals surface area contributed by atoms with Crippen molar-refractivity contribution in [1.29, 1.82) is 0 Å². The number of sulfonamides is 1. The monoisotopic (exact) mass is 460 g/mol. The standard InChI is InChI=1S/C22H21ClN2O5S/c1-14(21(26)24-18-10-8-15-6-4-5-7-16(15)12-18)30-22(27)17-9-11-19(23)20(13-17)31(28,29)25(2)3/h4-14H,1-3H3,(H,24,26). The Kier molecular flexibility index (Phi) is 6.64. The van der Waals surface area contributed by atoms with Crippen LogP contribution >= 0.6 is 11.6 Å². The Balaban J connectivity index is 1.73. The number of carbonyl (C=O) groups is 2. The molecule has 7 nitrogen and oxygen atoms in total. The molecule has 31 heavy (non-hydrogen) atoms. The lowest BCUT2D eigenvalue weighted by Crippen LogP contribution is -2.30. The van der Waals surface area contributed by atoms with E-state index in [1.165, 1.54) is 33.2 Å². The van der Waals surface area contributed by atoms with Gasteiger partial charge in [0.2, 0.25) is 10.0 Å². The molecule has 1 N–H and O–H groups in total. The number of fused-ring (bicyclic) bond motifs is 1. The van der Waals surface area contributed by atoms with Crippen LogP contribution in [0, 0.1) is 0 Å². The van der Waals surface area contributed by atoms with Gasteiger partial charge in [-0.2, -0.15) is 0 Å². The van der Waals surface area contributed by atoms with E-state index in [4.69, 9.17) is 16.3 Å². The molecule has 0 bridgehead atoms. The molecule has 0 aromatic heterocycles. The first-order valence-corrected chi connectivity index (χ1v) is 11.1. The Bertz CT molecular complexity index is 1260. The van der Waals surface area contributed by atoms with Crippen LogP contribution in [0.25, 0.3) is 10.8 Å². The molecule has 0 aliphatic rings. The Morgan fingerprint density at radius 2 is 1.68 bits per heavy atom. The zero-order valence-corrected chi connectivity index (χ0v) is 18.7. The lowest BCUT2D eigenvalue weighted by Gasteiger charge is -2.16. The normalized spacial score (nSPS) is 12.5. The summed E-state index contributed by atoms with van der Waals surface area (Å²) in [5.74, 6) is -1.35. The highest BCUT2D eigenvalue weighted by molar-refractivity contribution is 7.89. The van der Waals surface area contributed by atoms with E-state index in [0.29, 0.717) is 5.69 Å². The molecule has 0 saturated heterocycles. The molecule has 0 heterocycles. The Morgan fingerprint density at radius 3 is 2.35 bits per heavy atom. The number of rotatable bonds is 6. The fourth-order valence-corrected chi connectivity index (χ4v) is 4.21. The van der Waals surface area contributed by atoms with Gasteiger partial charge in [0.05, 0.1) is 10.6 Å². The summed E-state index contributed by atoms with van der Waals surface area (Å²) in [4.78, 5) is 24.7. The van der Waals surface area contributed by atoms with Gasteiger partial charge in [-0.1, -0.05) is 41.9 Å². The first-order chi connectivity index (χ1) is 14.6. The van der Waals surface area contributed by atoms with Gasteiger partial charge >= 0.3 is 5.97 Å². The van der Waals surface area contributed by atoms with E-state index < -0.39 is 28.0 Å². The fraction of sp³-hybridized carbons (Fsp3) is 0.182. The van der Waals surface area contributed by atoms with E-state index in [9.17, 15) is 18.0 Å². The molecule has 0 radical (unpaired) electrons. The van der Waals surface area contributed by atoms with Crippen molar-refractivity contribution in [2.75, 3.05) is 19.4 Å². The summed E-state index contributed by atoms with van der Waals surface area (Å²) in [6.45, 7) is 1.43. The molecule has 3 rings (SSSR count). The van der Waals surface area contributed by atoms with Crippen LogP contribution in [0.3, 0.4) is 0 Å². The van der Waals surface area contributed by atoms with Crippen LogP contribution in [0.15, 0.2) is 65.6 Å². The average Bonchev–Trinajstić information content (AvgIpc) is 2.73. The number of anilines is 1. The van der Waals surface area contributed by atoms with Gasteiger partial charge in [-0.05, 0) is 48.0 Å². The summed E-state index contributed by atoms with van der Waals surface area (Å²) in [5, 5.41) is 4.68. The molecular formula is C22H21ClN2O5S. The molecule has 0 saturated carbocycles. The molecule has 1 atom stereocenters. The molecule has 0 fully saturated rings. The van der Waals surface area contributed by atoms with Crippen LogP contribution in [-0.2, 0) is 19.6 Å². The molecule has 1 unspecified atom stereocenters. The van der Waals surface area contributed by atoms with Crippen molar-refractivity contribution < 1.29 is 22.7 Å². The van der Waals surface area contributed by atoms with E-state index in [1.807, 2.05) is 36.4 Å². The molecule has 0 aliphatic carbocycles. The van der Waals surface area contributed by atoms with Crippen molar-refractivity contribution in [2.45, 2.75) is 17.9 Å². The first kappa shape index (κ1) is 22.7. The van der Waals surface area contributed by atoms with Gasteiger partial charge in [-0.15, -0.1) is 0 Å². The topological polar surface area (TPSA) is 92.8 Å². The van der Waals surface area contributed by atoms with Crippen molar-refractivity contribution in [2.24, 2.45) is 0 Å². The Labute approximate surface area is 185 Å². The van der Waals surface area contributed by atoms with Crippen molar-refractivity contribution in [3.63, 3.8) is 0 Å². The molecule has 0 aliphatic heterocycles. The number of esters is 1. The third kappa shape index (κ3) is 5.04. The van der Waals surface area contributed by atoms with Crippen LogP contribution in [-0.4, -0.2) is 44.8 Å². The minimum Gasteiger partial charge on any atom is -0.449 e. The SMILES string of the molecule is CC(OC(=O)c1ccc(Cl)c(S(=O)(=O)N(C)C)c1)C(=O)Nc1ccc2ccccc2c1. The zero-order valence-electron chi connectivity index (χ0n) is 17.1. The van der Waals surface area contributed by atoms with Crippen molar-refractivity contribution in [3.8, 4) is 0 Å². The van der Waals surface area contributed by atoms with Crippen LogP contribution in [0.4, 0.5) is 5.69 Å². The highest BCUT2D eigenvalue weighted by Gasteiger charge is 2.24. The number of ether oxygens (including phenoxy) is 1. The van der Waals surface area contributed by atoms with Crippen LogP contribution in [0.1, 0.15) is 17.3 Å². The molecular weight excluding hydrogens is 440 g/mol. The first-order valence-electron chi connectivity index (χ1n) is 9.32. The molecule has 3 aromatic rings. The second-order valence-corrected chi connectivity index (χ2v) is 9.56. The van der Waals surface area contributed by atoms with Crippen molar-refractivity contribution in [3.05, 3.63) is 71.2 Å². The summed E-state index contributed by atoms with van der Waals surface area (Å²) in [5.41, 5.74) is 0.535. The second kappa shape index (κ2) is 9.05. The molecule has 1 amide bonds. The van der Waals surface area contributed by atoms with E-state index in [0.717, 1.165) is 21.1 Å². The number of hydrogen-bond donors (Lipinski definition) is 1. The van der Waals surface area contributed by atoms with Gasteiger partial charge < -0.3 is 10.1 Å². The summed E-state index contributed by atoms with van der Waals surface area (Å²) in [6.07, 6.45) is -1.11. The molecule has 3 aromatic carbocycles. The maximum Gasteiger partial charge on any atom is 0.338 e. The summed E-state index contributed by atoms with van der Waals surface area (Å²) in [6, 6.07) is 16.9. The Hall–Kier alpha value is -2.94. The lowest BCUT2D eigenvalue weighted by molar-refractivity contribution is -0.123. The summed E-state index contributed by atoms with van der Waals surface area (Å²) >= 11 is 6.00. The van der Waals surface area contributed by atoms with Crippen LogP contribution in [0.5, 0.6) is 0 Å². The lowest BCUT2D eigenvalue weighted by atomic mass is 10.1.